The Balaban J connectivity index is 2.24. The number of nitrogens with zero attached hydrogens (tertiary/aromatic N) is 2. The molecule has 6 heteroatoms. The predicted octanol–water partition coefficient (Wildman–Crippen LogP) is 5.01. The summed E-state index contributed by atoms with van der Waals surface area (Å²) in [5, 5.41) is 18.7. The molecule has 120 valence electrons. The molecule has 0 aliphatic heterocycles. The van der Waals surface area contributed by atoms with Gasteiger partial charge in [0.1, 0.15) is 24.3 Å². The number of methoxy groups -OCH3 is 1. The molecule has 0 aromatic heterocycles. The van der Waals surface area contributed by atoms with E-state index in [1.54, 1.807) is 36.4 Å². The summed E-state index contributed by atoms with van der Waals surface area (Å²) in [4.78, 5) is 0. The topological polar surface area (TPSA) is 66.0 Å². The SMILES string of the molecule is COc1cc(C=C(C#N)C#N)ccc1OCc1c(Cl)cccc1Cl. The Morgan fingerprint density at radius 3 is 2.33 bits per heavy atom. The zero-order valence-corrected chi connectivity index (χ0v) is 14.2. The molecule has 0 aliphatic carbocycles. The lowest BCUT2D eigenvalue weighted by molar-refractivity contribution is 0.284. The van der Waals surface area contributed by atoms with Crippen LogP contribution in [-0.4, -0.2) is 7.11 Å². The molecule has 2 rings (SSSR count). The van der Waals surface area contributed by atoms with Crippen molar-refractivity contribution in [2.45, 2.75) is 6.61 Å². The quantitative estimate of drug-likeness (QED) is 0.704. The van der Waals surface area contributed by atoms with E-state index in [4.69, 9.17) is 43.2 Å². The lowest BCUT2D eigenvalue weighted by Gasteiger charge is -2.13. The minimum atomic E-state index is 0.00794. The summed E-state index contributed by atoms with van der Waals surface area (Å²) in [6.07, 6.45) is 1.47. The summed E-state index contributed by atoms with van der Waals surface area (Å²) >= 11 is 12.2. The maximum Gasteiger partial charge on any atom is 0.161 e. The molecule has 24 heavy (non-hydrogen) atoms. The van der Waals surface area contributed by atoms with Crippen LogP contribution in [-0.2, 0) is 6.61 Å². The number of nitriles is 2. The highest BCUT2D eigenvalue weighted by Gasteiger charge is 2.10. The van der Waals surface area contributed by atoms with Gasteiger partial charge in [-0.1, -0.05) is 35.3 Å². The van der Waals surface area contributed by atoms with E-state index in [1.165, 1.54) is 13.2 Å². The number of hydrogen-bond donors (Lipinski definition) is 0. The average Bonchev–Trinajstić information content (AvgIpc) is 2.59. The van der Waals surface area contributed by atoms with Crippen LogP contribution in [0.1, 0.15) is 11.1 Å². The van der Waals surface area contributed by atoms with Crippen molar-refractivity contribution in [2.75, 3.05) is 7.11 Å². The highest BCUT2D eigenvalue weighted by Crippen LogP contribution is 2.31. The second-order valence-corrected chi connectivity index (χ2v) is 5.50. The van der Waals surface area contributed by atoms with Gasteiger partial charge in [0.2, 0.25) is 0 Å². The maximum absolute atomic E-state index is 8.81. The number of ether oxygens (including phenoxy) is 2. The molecule has 0 saturated carbocycles. The molecular weight excluding hydrogens is 347 g/mol. The van der Waals surface area contributed by atoms with Crippen molar-refractivity contribution in [3.63, 3.8) is 0 Å². The molecule has 0 heterocycles. The summed E-state index contributed by atoms with van der Waals surface area (Å²) < 4.78 is 11.0. The van der Waals surface area contributed by atoms with Crippen LogP contribution in [0.3, 0.4) is 0 Å². The maximum atomic E-state index is 8.81. The molecule has 0 bridgehead atoms. The fraction of sp³-hybridized carbons (Fsp3) is 0.111. The van der Waals surface area contributed by atoms with Crippen molar-refractivity contribution in [1.29, 1.82) is 10.5 Å². The van der Waals surface area contributed by atoms with E-state index < -0.39 is 0 Å². The van der Waals surface area contributed by atoms with Crippen LogP contribution in [0.4, 0.5) is 0 Å². The van der Waals surface area contributed by atoms with E-state index in [1.807, 2.05) is 12.1 Å². The molecule has 0 amide bonds. The van der Waals surface area contributed by atoms with E-state index in [-0.39, 0.29) is 12.2 Å². The fourth-order valence-electron chi connectivity index (χ4n) is 1.97. The predicted molar refractivity (Wildman–Crippen MR) is 93.0 cm³/mol. The van der Waals surface area contributed by atoms with E-state index in [0.717, 1.165) is 0 Å². The zero-order valence-electron chi connectivity index (χ0n) is 12.7. The van der Waals surface area contributed by atoms with Crippen molar-refractivity contribution in [3.05, 3.63) is 63.1 Å². The lowest BCUT2D eigenvalue weighted by atomic mass is 10.1. The van der Waals surface area contributed by atoms with Crippen molar-refractivity contribution < 1.29 is 9.47 Å². The molecule has 2 aromatic rings. The number of halogens is 2. The monoisotopic (exact) mass is 358 g/mol. The minimum absolute atomic E-state index is 0.00794. The Labute approximate surface area is 150 Å². The van der Waals surface area contributed by atoms with Crippen molar-refractivity contribution >= 4 is 29.3 Å². The fourth-order valence-corrected chi connectivity index (χ4v) is 2.48. The smallest absolute Gasteiger partial charge is 0.161 e. The number of allylic oxidation sites excluding steroid dienone is 1. The molecule has 4 nitrogen and oxygen atoms in total. The standard InChI is InChI=1S/C18H12Cl2N2O2/c1-23-18-8-12(7-13(9-21)10-22)5-6-17(18)24-11-14-15(19)3-2-4-16(14)20/h2-8H,11H2,1H3. The Morgan fingerprint density at radius 1 is 1.08 bits per heavy atom. The Hall–Kier alpha value is -2.66. The van der Waals surface area contributed by atoms with Gasteiger partial charge in [-0.2, -0.15) is 10.5 Å². The Kier molecular flexibility index (Phi) is 6.09. The zero-order chi connectivity index (χ0) is 17.5. The van der Waals surface area contributed by atoms with Crippen LogP contribution in [0.25, 0.3) is 6.08 Å². The van der Waals surface area contributed by atoms with Crippen molar-refractivity contribution in [2.24, 2.45) is 0 Å². The third kappa shape index (κ3) is 4.20. The first kappa shape index (κ1) is 17.7. The number of rotatable bonds is 5. The molecule has 0 radical (unpaired) electrons. The van der Waals surface area contributed by atoms with Crippen molar-refractivity contribution in [1.82, 2.24) is 0 Å². The van der Waals surface area contributed by atoms with Gasteiger partial charge in [-0.15, -0.1) is 0 Å². The van der Waals surface area contributed by atoms with Gasteiger partial charge < -0.3 is 9.47 Å². The van der Waals surface area contributed by atoms with Gasteiger partial charge in [0.05, 0.1) is 7.11 Å². The second kappa shape index (κ2) is 8.26. The van der Waals surface area contributed by atoms with Gasteiger partial charge in [-0.25, -0.2) is 0 Å². The normalized spacial score (nSPS) is 9.54. The Morgan fingerprint density at radius 2 is 1.75 bits per heavy atom. The van der Waals surface area contributed by atoms with Gasteiger partial charge in [0.25, 0.3) is 0 Å². The third-order valence-electron chi connectivity index (χ3n) is 3.17. The van der Waals surface area contributed by atoms with E-state index in [2.05, 4.69) is 0 Å². The first-order valence-electron chi connectivity index (χ1n) is 6.84. The Bertz CT molecular complexity index is 828. The van der Waals surface area contributed by atoms with Gasteiger partial charge in [0, 0.05) is 15.6 Å². The molecule has 0 saturated heterocycles. The molecule has 0 aliphatic rings. The summed E-state index contributed by atoms with van der Waals surface area (Å²) in [6, 6.07) is 14.0. The lowest BCUT2D eigenvalue weighted by Crippen LogP contribution is -1.99. The molecule has 2 aromatic carbocycles. The van der Waals surface area contributed by atoms with Gasteiger partial charge >= 0.3 is 0 Å². The molecule has 0 fully saturated rings. The summed E-state index contributed by atoms with van der Waals surface area (Å²) in [7, 11) is 1.51. The summed E-state index contributed by atoms with van der Waals surface area (Å²) in [5.41, 5.74) is 1.35. The highest BCUT2D eigenvalue weighted by atomic mass is 35.5. The van der Waals surface area contributed by atoms with E-state index in [0.29, 0.717) is 32.7 Å². The van der Waals surface area contributed by atoms with Crippen molar-refractivity contribution in [3.8, 4) is 23.6 Å². The average molecular weight is 359 g/mol. The first-order valence-corrected chi connectivity index (χ1v) is 7.60. The van der Waals surface area contributed by atoms with E-state index >= 15 is 0 Å². The first-order chi connectivity index (χ1) is 11.6. The number of hydrogen-bond acceptors (Lipinski definition) is 4. The van der Waals surface area contributed by atoms with E-state index in [9.17, 15) is 0 Å². The largest absolute Gasteiger partial charge is 0.493 e. The second-order valence-electron chi connectivity index (χ2n) is 4.68. The summed E-state index contributed by atoms with van der Waals surface area (Å²) in [5.74, 6) is 0.975. The van der Waals surface area contributed by atoms with Crippen LogP contribution in [0.5, 0.6) is 11.5 Å². The van der Waals surface area contributed by atoms with Crippen LogP contribution >= 0.6 is 23.2 Å². The van der Waals surface area contributed by atoms with Gasteiger partial charge in [0.15, 0.2) is 11.5 Å². The van der Waals surface area contributed by atoms with Crippen LogP contribution < -0.4 is 9.47 Å². The van der Waals surface area contributed by atoms with Crippen LogP contribution in [0.2, 0.25) is 10.0 Å². The summed E-state index contributed by atoms with van der Waals surface area (Å²) in [6.45, 7) is 0.186. The molecule has 0 atom stereocenters. The van der Waals surface area contributed by atoms with Gasteiger partial charge in [-0.3, -0.25) is 0 Å². The molecule has 0 spiro atoms. The number of benzene rings is 2. The molecule has 0 N–H and O–H groups in total. The third-order valence-corrected chi connectivity index (χ3v) is 3.88. The highest BCUT2D eigenvalue weighted by molar-refractivity contribution is 6.35. The minimum Gasteiger partial charge on any atom is -0.493 e. The molecular formula is C18H12Cl2N2O2. The van der Waals surface area contributed by atoms with Crippen LogP contribution in [0, 0.1) is 22.7 Å². The molecule has 0 unspecified atom stereocenters. The van der Waals surface area contributed by atoms with Crippen LogP contribution in [0.15, 0.2) is 42.0 Å². The van der Waals surface area contributed by atoms with Gasteiger partial charge in [-0.05, 0) is 35.9 Å².